The maximum absolute atomic E-state index is 10.6. The van der Waals surface area contributed by atoms with Gasteiger partial charge in [-0.2, -0.15) is 0 Å². The molecule has 1 unspecified atom stereocenters. The van der Waals surface area contributed by atoms with Crippen LogP contribution in [0, 0.1) is 0 Å². The summed E-state index contributed by atoms with van der Waals surface area (Å²) in [6.45, 7) is 3.07. The van der Waals surface area contributed by atoms with Crippen molar-refractivity contribution in [1.29, 1.82) is 0 Å². The minimum atomic E-state index is 0.110. The fourth-order valence-electron chi connectivity index (χ4n) is 1.98. The molecule has 4 heteroatoms. The van der Waals surface area contributed by atoms with Gasteiger partial charge in [0, 0.05) is 12.0 Å². The Morgan fingerprint density at radius 3 is 2.88 bits per heavy atom. The first kappa shape index (κ1) is 11.8. The summed E-state index contributed by atoms with van der Waals surface area (Å²) in [5.74, 6) is 2.14. The lowest BCUT2D eigenvalue weighted by molar-refractivity contribution is -0.108. The van der Waals surface area contributed by atoms with Gasteiger partial charge in [0.1, 0.15) is 19.5 Å². The fraction of sp³-hybridized carbons (Fsp3) is 0.462. The predicted octanol–water partition coefficient (Wildman–Crippen LogP) is 2.16. The Morgan fingerprint density at radius 1 is 1.41 bits per heavy atom. The summed E-state index contributed by atoms with van der Waals surface area (Å²) in [4.78, 5) is 10.6. The fourth-order valence-corrected chi connectivity index (χ4v) is 1.98. The Kier molecular flexibility index (Phi) is 3.52. The highest BCUT2D eigenvalue weighted by atomic mass is 16.6. The summed E-state index contributed by atoms with van der Waals surface area (Å²) >= 11 is 0. The summed E-state index contributed by atoms with van der Waals surface area (Å²) in [6.07, 6.45) is 1.39. The molecule has 0 bridgehead atoms. The van der Waals surface area contributed by atoms with Crippen molar-refractivity contribution in [3.8, 4) is 17.2 Å². The number of methoxy groups -OCH3 is 1. The molecule has 2 rings (SSSR count). The Labute approximate surface area is 100 Å². The third kappa shape index (κ3) is 2.20. The number of aldehydes is 1. The van der Waals surface area contributed by atoms with Crippen molar-refractivity contribution >= 4 is 6.29 Å². The molecule has 0 aromatic heterocycles. The predicted molar refractivity (Wildman–Crippen MR) is 63.1 cm³/mol. The van der Waals surface area contributed by atoms with Gasteiger partial charge in [0.25, 0.3) is 0 Å². The number of hydrogen-bond donors (Lipinski definition) is 0. The molecule has 1 aliphatic rings. The molecule has 17 heavy (non-hydrogen) atoms. The van der Waals surface area contributed by atoms with E-state index in [2.05, 4.69) is 0 Å². The molecule has 0 radical (unpaired) electrons. The van der Waals surface area contributed by atoms with Crippen LogP contribution in [0.15, 0.2) is 12.1 Å². The van der Waals surface area contributed by atoms with E-state index in [4.69, 9.17) is 14.2 Å². The number of carbonyl (C=O) groups is 1. The molecule has 0 N–H and O–H groups in total. The van der Waals surface area contributed by atoms with Crippen LogP contribution in [-0.4, -0.2) is 26.6 Å². The summed E-state index contributed by atoms with van der Waals surface area (Å²) in [5.41, 5.74) is 0.976. The molecule has 0 saturated carbocycles. The lowest BCUT2D eigenvalue weighted by atomic mass is 9.96. The molecule has 92 valence electrons. The van der Waals surface area contributed by atoms with E-state index in [1.807, 2.05) is 19.1 Å². The van der Waals surface area contributed by atoms with Crippen molar-refractivity contribution in [1.82, 2.24) is 0 Å². The van der Waals surface area contributed by atoms with E-state index in [9.17, 15) is 4.79 Å². The van der Waals surface area contributed by atoms with Gasteiger partial charge in [0.15, 0.2) is 11.5 Å². The molecule has 0 amide bonds. The summed E-state index contributed by atoms with van der Waals surface area (Å²) in [5, 5.41) is 0. The van der Waals surface area contributed by atoms with Gasteiger partial charge >= 0.3 is 0 Å². The zero-order chi connectivity index (χ0) is 12.3. The monoisotopic (exact) mass is 236 g/mol. The van der Waals surface area contributed by atoms with Crippen molar-refractivity contribution in [3.63, 3.8) is 0 Å². The van der Waals surface area contributed by atoms with E-state index < -0.39 is 0 Å². The Balaban J connectivity index is 2.42. The zero-order valence-electron chi connectivity index (χ0n) is 10.1. The van der Waals surface area contributed by atoms with Gasteiger partial charge in [-0.1, -0.05) is 13.0 Å². The zero-order valence-corrected chi connectivity index (χ0v) is 10.1. The van der Waals surface area contributed by atoms with Crippen LogP contribution in [0.1, 0.15) is 24.8 Å². The van der Waals surface area contributed by atoms with E-state index in [-0.39, 0.29) is 5.92 Å². The smallest absolute Gasteiger partial charge is 0.203 e. The van der Waals surface area contributed by atoms with Crippen molar-refractivity contribution in [2.45, 2.75) is 19.3 Å². The Morgan fingerprint density at radius 2 is 2.18 bits per heavy atom. The van der Waals surface area contributed by atoms with E-state index in [0.29, 0.717) is 36.9 Å². The standard InChI is InChI=1S/C13H16O4/c1-9(5-6-14)10-3-4-11-13(12(10)15-2)17-8-7-16-11/h3-4,6,9H,5,7-8H2,1-2H3. The van der Waals surface area contributed by atoms with Crippen molar-refractivity contribution in [2.24, 2.45) is 0 Å². The molecule has 0 spiro atoms. The second-order valence-electron chi connectivity index (χ2n) is 4.02. The molecule has 1 aromatic rings. The second-order valence-corrected chi connectivity index (χ2v) is 4.02. The van der Waals surface area contributed by atoms with Crippen LogP contribution < -0.4 is 14.2 Å². The lowest BCUT2D eigenvalue weighted by Crippen LogP contribution is -2.16. The number of ether oxygens (including phenoxy) is 3. The van der Waals surface area contributed by atoms with Gasteiger partial charge < -0.3 is 19.0 Å². The molecule has 0 aliphatic carbocycles. The van der Waals surface area contributed by atoms with Gasteiger partial charge in [0.05, 0.1) is 7.11 Å². The normalized spacial score (nSPS) is 15.2. The SMILES string of the molecule is COc1c(C(C)CC=O)ccc2c1OCCO2. The van der Waals surface area contributed by atoms with Gasteiger partial charge in [-0.15, -0.1) is 0 Å². The van der Waals surface area contributed by atoms with Crippen LogP contribution in [0.25, 0.3) is 0 Å². The van der Waals surface area contributed by atoms with E-state index in [0.717, 1.165) is 11.8 Å². The topological polar surface area (TPSA) is 44.8 Å². The first-order chi connectivity index (χ1) is 8.27. The second kappa shape index (κ2) is 5.08. The van der Waals surface area contributed by atoms with Crippen molar-refractivity contribution in [3.05, 3.63) is 17.7 Å². The highest BCUT2D eigenvalue weighted by Gasteiger charge is 2.22. The lowest BCUT2D eigenvalue weighted by Gasteiger charge is -2.23. The molecular weight excluding hydrogens is 220 g/mol. The molecule has 1 heterocycles. The maximum Gasteiger partial charge on any atom is 0.203 e. The first-order valence-electron chi connectivity index (χ1n) is 5.68. The van der Waals surface area contributed by atoms with Crippen LogP contribution in [0.5, 0.6) is 17.2 Å². The molecule has 1 aromatic carbocycles. The van der Waals surface area contributed by atoms with E-state index >= 15 is 0 Å². The largest absolute Gasteiger partial charge is 0.492 e. The highest BCUT2D eigenvalue weighted by Crippen LogP contribution is 2.44. The van der Waals surface area contributed by atoms with Crippen LogP contribution in [0.3, 0.4) is 0 Å². The van der Waals surface area contributed by atoms with Gasteiger partial charge in [-0.25, -0.2) is 0 Å². The summed E-state index contributed by atoms with van der Waals surface area (Å²) in [7, 11) is 1.60. The molecule has 4 nitrogen and oxygen atoms in total. The molecule has 0 saturated heterocycles. The van der Waals surface area contributed by atoms with Gasteiger partial charge in [0.2, 0.25) is 5.75 Å². The Bertz CT molecular complexity index is 414. The number of rotatable bonds is 4. The molecule has 1 aliphatic heterocycles. The minimum Gasteiger partial charge on any atom is -0.492 e. The molecule has 0 fully saturated rings. The highest BCUT2D eigenvalue weighted by molar-refractivity contribution is 5.59. The third-order valence-corrected chi connectivity index (χ3v) is 2.88. The van der Waals surface area contributed by atoms with Crippen LogP contribution in [0.2, 0.25) is 0 Å². The number of hydrogen-bond acceptors (Lipinski definition) is 4. The van der Waals surface area contributed by atoms with Gasteiger partial charge in [-0.3, -0.25) is 0 Å². The van der Waals surface area contributed by atoms with Crippen LogP contribution in [0.4, 0.5) is 0 Å². The molecule has 1 atom stereocenters. The quantitative estimate of drug-likeness (QED) is 0.751. The number of carbonyl (C=O) groups excluding carboxylic acids is 1. The van der Waals surface area contributed by atoms with Crippen LogP contribution in [-0.2, 0) is 4.79 Å². The summed E-state index contributed by atoms with van der Waals surface area (Å²) < 4.78 is 16.5. The maximum atomic E-state index is 10.6. The Hall–Kier alpha value is -1.71. The minimum absolute atomic E-state index is 0.110. The van der Waals surface area contributed by atoms with E-state index in [1.165, 1.54) is 0 Å². The van der Waals surface area contributed by atoms with Crippen molar-refractivity contribution < 1.29 is 19.0 Å². The third-order valence-electron chi connectivity index (χ3n) is 2.88. The van der Waals surface area contributed by atoms with E-state index in [1.54, 1.807) is 7.11 Å². The number of benzene rings is 1. The average molecular weight is 236 g/mol. The molecular formula is C13H16O4. The van der Waals surface area contributed by atoms with Gasteiger partial charge in [-0.05, 0) is 12.0 Å². The first-order valence-corrected chi connectivity index (χ1v) is 5.68. The van der Waals surface area contributed by atoms with Crippen LogP contribution >= 0.6 is 0 Å². The summed E-state index contributed by atoms with van der Waals surface area (Å²) in [6, 6.07) is 3.80. The van der Waals surface area contributed by atoms with Crippen molar-refractivity contribution in [2.75, 3.05) is 20.3 Å². The average Bonchev–Trinajstić information content (AvgIpc) is 2.37. The number of fused-ring (bicyclic) bond motifs is 1.